The molecule has 0 unspecified atom stereocenters. The molecule has 0 bridgehead atoms. The molecule has 0 saturated carbocycles. The van der Waals surface area contributed by atoms with Crippen molar-refractivity contribution in [2.45, 2.75) is 4.90 Å². The summed E-state index contributed by atoms with van der Waals surface area (Å²) in [6.45, 7) is 0. The molecule has 0 atom stereocenters. The molecule has 9 heteroatoms. The molecule has 22 heavy (non-hydrogen) atoms. The van der Waals surface area contributed by atoms with Gasteiger partial charge in [-0.05, 0) is 18.2 Å². The predicted octanol–water partition coefficient (Wildman–Crippen LogP) is 3.06. The van der Waals surface area contributed by atoms with Crippen molar-refractivity contribution >= 4 is 33.0 Å². The highest BCUT2D eigenvalue weighted by Crippen LogP contribution is 2.30. The number of nitrogens with one attached hydrogen (secondary N) is 1. The Hall–Kier alpha value is -2.32. The molecule has 7 nitrogen and oxygen atoms in total. The Morgan fingerprint density at radius 1 is 1.23 bits per heavy atom. The molecule has 116 valence electrons. The molecule has 0 aromatic heterocycles. The fraction of sp³-hybridized carbons (Fsp3) is 0.0769. The number of methoxy groups -OCH3 is 1. The van der Waals surface area contributed by atoms with Gasteiger partial charge < -0.3 is 4.74 Å². The average Bonchev–Trinajstić information content (AvgIpc) is 2.47. The zero-order valence-corrected chi connectivity index (χ0v) is 12.9. The third-order valence-corrected chi connectivity index (χ3v) is 4.61. The lowest BCUT2D eigenvalue weighted by Gasteiger charge is -2.12. The molecule has 0 radical (unpaired) electrons. The Kier molecular flexibility index (Phi) is 4.53. The Morgan fingerprint density at radius 2 is 1.91 bits per heavy atom. The minimum absolute atomic E-state index is 0.118. The van der Waals surface area contributed by atoms with Crippen molar-refractivity contribution in [2.75, 3.05) is 11.8 Å². The Bertz CT molecular complexity index is 823. The van der Waals surface area contributed by atoms with Crippen molar-refractivity contribution in [2.24, 2.45) is 0 Å². The first kappa shape index (κ1) is 16.1. The zero-order valence-electron chi connectivity index (χ0n) is 11.3. The van der Waals surface area contributed by atoms with Gasteiger partial charge in [-0.3, -0.25) is 14.8 Å². The van der Waals surface area contributed by atoms with Crippen LogP contribution in [0.1, 0.15) is 0 Å². The van der Waals surface area contributed by atoms with Crippen LogP contribution in [0.15, 0.2) is 47.4 Å². The van der Waals surface area contributed by atoms with Crippen molar-refractivity contribution in [3.8, 4) is 5.75 Å². The van der Waals surface area contributed by atoms with Crippen LogP contribution in [0.2, 0.25) is 5.02 Å². The first-order valence-corrected chi connectivity index (χ1v) is 7.81. The smallest absolute Gasteiger partial charge is 0.270 e. The number of hydrogen-bond acceptors (Lipinski definition) is 5. The second-order valence-electron chi connectivity index (χ2n) is 4.18. The number of hydrogen-bond donors (Lipinski definition) is 1. The molecule has 0 spiro atoms. The van der Waals surface area contributed by atoms with Gasteiger partial charge in [0.2, 0.25) is 0 Å². The fourth-order valence-electron chi connectivity index (χ4n) is 1.74. The topological polar surface area (TPSA) is 98.5 Å². The molecule has 2 aromatic rings. The van der Waals surface area contributed by atoms with E-state index in [1.165, 1.54) is 13.2 Å². The van der Waals surface area contributed by atoms with Crippen LogP contribution in [-0.2, 0) is 10.0 Å². The molecular weight excluding hydrogens is 332 g/mol. The normalized spacial score (nSPS) is 11.0. The fourth-order valence-corrected chi connectivity index (χ4v) is 3.33. The van der Waals surface area contributed by atoms with E-state index in [-0.39, 0.29) is 21.3 Å². The van der Waals surface area contributed by atoms with Gasteiger partial charge in [0.15, 0.2) is 0 Å². The third-order valence-electron chi connectivity index (χ3n) is 2.77. The van der Waals surface area contributed by atoms with Crippen molar-refractivity contribution in [1.82, 2.24) is 0 Å². The zero-order chi connectivity index (χ0) is 16.3. The first-order valence-electron chi connectivity index (χ1n) is 5.95. The van der Waals surface area contributed by atoms with Gasteiger partial charge in [0.25, 0.3) is 15.7 Å². The molecule has 0 heterocycles. The van der Waals surface area contributed by atoms with Gasteiger partial charge in [0.1, 0.15) is 10.6 Å². The van der Waals surface area contributed by atoms with Crippen LogP contribution < -0.4 is 9.46 Å². The molecular formula is C13H11ClN2O5S. The van der Waals surface area contributed by atoms with Crippen LogP contribution >= 0.6 is 11.6 Å². The number of sulfonamides is 1. The minimum Gasteiger partial charge on any atom is -0.495 e. The maximum atomic E-state index is 12.4. The van der Waals surface area contributed by atoms with Gasteiger partial charge in [-0.2, -0.15) is 0 Å². The second-order valence-corrected chi connectivity index (χ2v) is 6.24. The highest BCUT2D eigenvalue weighted by atomic mass is 35.5. The SMILES string of the molecule is COc1ccccc1NS(=O)(=O)c1cc([N+](=O)[O-])ccc1Cl. The van der Waals surface area contributed by atoms with Gasteiger partial charge in [-0.15, -0.1) is 0 Å². The van der Waals surface area contributed by atoms with Crippen molar-refractivity contribution in [1.29, 1.82) is 0 Å². The van der Waals surface area contributed by atoms with E-state index in [9.17, 15) is 18.5 Å². The highest BCUT2D eigenvalue weighted by Gasteiger charge is 2.22. The number of nitrogens with zero attached hydrogens (tertiary/aromatic N) is 1. The van der Waals surface area contributed by atoms with Crippen molar-refractivity contribution in [3.05, 3.63) is 57.6 Å². The maximum absolute atomic E-state index is 12.4. The molecule has 0 fully saturated rings. The molecule has 0 amide bonds. The van der Waals surface area contributed by atoms with E-state index in [0.717, 1.165) is 18.2 Å². The van der Waals surface area contributed by atoms with E-state index < -0.39 is 14.9 Å². The standard InChI is InChI=1S/C13H11ClN2O5S/c1-21-12-5-3-2-4-11(12)15-22(19,20)13-8-9(16(17)18)6-7-10(13)14/h2-8,15H,1H3. The molecule has 2 rings (SSSR count). The molecule has 2 aromatic carbocycles. The van der Waals surface area contributed by atoms with Gasteiger partial charge >= 0.3 is 0 Å². The lowest BCUT2D eigenvalue weighted by atomic mass is 10.3. The summed E-state index contributed by atoms with van der Waals surface area (Å²) >= 11 is 5.85. The van der Waals surface area contributed by atoms with E-state index in [0.29, 0.717) is 5.75 Å². The number of para-hydroxylation sites is 2. The maximum Gasteiger partial charge on any atom is 0.270 e. The summed E-state index contributed by atoms with van der Waals surface area (Å²) in [4.78, 5) is 9.70. The number of halogens is 1. The number of benzene rings is 2. The number of nitro benzene ring substituents is 1. The summed E-state index contributed by atoms with van der Waals surface area (Å²) in [5, 5.41) is 10.7. The number of ether oxygens (including phenoxy) is 1. The molecule has 0 aliphatic carbocycles. The largest absolute Gasteiger partial charge is 0.495 e. The van der Waals surface area contributed by atoms with Gasteiger partial charge in [0, 0.05) is 12.1 Å². The summed E-state index contributed by atoms with van der Waals surface area (Å²) in [5.74, 6) is 0.313. The predicted molar refractivity (Wildman–Crippen MR) is 81.9 cm³/mol. The third kappa shape index (κ3) is 3.29. The van der Waals surface area contributed by atoms with E-state index in [1.807, 2.05) is 0 Å². The van der Waals surface area contributed by atoms with E-state index in [4.69, 9.17) is 16.3 Å². The van der Waals surface area contributed by atoms with Gasteiger partial charge in [-0.25, -0.2) is 8.42 Å². The highest BCUT2D eigenvalue weighted by molar-refractivity contribution is 7.92. The lowest BCUT2D eigenvalue weighted by molar-refractivity contribution is -0.385. The van der Waals surface area contributed by atoms with Crippen LogP contribution in [0.3, 0.4) is 0 Å². The number of rotatable bonds is 5. The number of nitro groups is 1. The van der Waals surface area contributed by atoms with E-state index in [2.05, 4.69) is 4.72 Å². The molecule has 0 aliphatic rings. The van der Waals surface area contributed by atoms with Crippen LogP contribution in [-0.4, -0.2) is 20.5 Å². The molecule has 0 aliphatic heterocycles. The van der Waals surface area contributed by atoms with Crippen LogP contribution in [0.4, 0.5) is 11.4 Å². The van der Waals surface area contributed by atoms with Crippen LogP contribution in [0.25, 0.3) is 0 Å². The van der Waals surface area contributed by atoms with Crippen LogP contribution in [0.5, 0.6) is 5.75 Å². The van der Waals surface area contributed by atoms with Crippen LogP contribution in [0, 0.1) is 10.1 Å². The Balaban J connectivity index is 2.47. The lowest BCUT2D eigenvalue weighted by Crippen LogP contribution is -2.14. The molecule has 0 saturated heterocycles. The Labute approximate surface area is 131 Å². The number of non-ortho nitro benzene ring substituents is 1. The average molecular weight is 343 g/mol. The first-order chi connectivity index (χ1) is 10.3. The number of anilines is 1. The minimum atomic E-state index is -4.10. The summed E-state index contributed by atoms with van der Waals surface area (Å²) < 4.78 is 32.1. The van der Waals surface area contributed by atoms with Gasteiger partial charge in [0.05, 0.1) is 22.7 Å². The quantitative estimate of drug-likeness (QED) is 0.665. The molecule has 1 N–H and O–H groups in total. The van der Waals surface area contributed by atoms with E-state index in [1.54, 1.807) is 18.2 Å². The summed E-state index contributed by atoms with van der Waals surface area (Å²) in [6.07, 6.45) is 0. The van der Waals surface area contributed by atoms with Gasteiger partial charge in [-0.1, -0.05) is 23.7 Å². The second kappa shape index (κ2) is 6.20. The monoisotopic (exact) mass is 342 g/mol. The summed E-state index contributed by atoms with van der Waals surface area (Å²) in [5.41, 5.74) is -0.169. The van der Waals surface area contributed by atoms with E-state index >= 15 is 0 Å². The van der Waals surface area contributed by atoms with Crippen molar-refractivity contribution < 1.29 is 18.1 Å². The summed E-state index contributed by atoms with van der Waals surface area (Å²) in [7, 11) is -2.70. The summed E-state index contributed by atoms with van der Waals surface area (Å²) in [6, 6.07) is 9.57. The Morgan fingerprint density at radius 3 is 2.55 bits per heavy atom. The van der Waals surface area contributed by atoms with Crippen molar-refractivity contribution in [3.63, 3.8) is 0 Å².